The number of rotatable bonds is 15. The van der Waals surface area contributed by atoms with Crippen LogP contribution >= 0.6 is 0 Å². The lowest BCUT2D eigenvalue weighted by Crippen LogP contribution is -2.51. The zero-order chi connectivity index (χ0) is 31.7. The lowest BCUT2D eigenvalue weighted by molar-refractivity contribution is -0.210. The Hall–Kier alpha value is -3.16. The number of ether oxygens (including phenoxy) is 2. The Bertz CT molecular complexity index is 1180. The van der Waals surface area contributed by atoms with Gasteiger partial charge in [0.1, 0.15) is 18.8 Å². The van der Waals surface area contributed by atoms with Gasteiger partial charge in [0.15, 0.2) is 6.29 Å². The van der Waals surface area contributed by atoms with Gasteiger partial charge in [0.05, 0.1) is 6.10 Å². The highest BCUT2D eigenvalue weighted by atomic mass is 19.1. The largest absolute Gasteiger partial charge is 0.401 e. The topological polar surface area (TPSA) is 173 Å². The molecular weight excluding hydrogens is 551 g/mol. The average molecular weight is 601 g/mol. The molecule has 2 heterocycles. The number of nitrogen functional groups attached to an aromatic ring is 1. The Morgan fingerprint density at radius 2 is 1.91 bits per heavy atom. The highest BCUT2D eigenvalue weighted by molar-refractivity contribution is 5.80. The van der Waals surface area contributed by atoms with Crippen molar-refractivity contribution >= 4 is 11.7 Å². The molecule has 43 heavy (non-hydrogen) atoms. The number of nitrogens with one attached hydrogen (secondary N) is 1. The number of hydrazine groups is 1. The van der Waals surface area contributed by atoms with Gasteiger partial charge in [-0.2, -0.15) is 0 Å². The number of aromatic nitrogens is 2. The van der Waals surface area contributed by atoms with Gasteiger partial charge >= 0.3 is 0 Å². The van der Waals surface area contributed by atoms with E-state index < -0.39 is 25.1 Å². The fourth-order valence-electron chi connectivity index (χ4n) is 5.61. The van der Waals surface area contributed by atoms with E-state index in [1.54, 1.807) is 18.6 Å². The second-order valence-corrected chi connectivity index (χ2v) is 11.7. The van der Waals surface area contributed by atoms with Crippen LogP contribution < -0.4 is 17.3 Å². The molecule has 7 atom stereocenters. The van der Waals surface area contributed by atoms with Gasteiger partial charge in [-0.3, -0.25) is 0 Å². The molecular formula is C31H49FN8O3. The summed E-state index contributed by atoms with van der Waals surface area (Å²) in [6.07, 6.45) is 6.15. The van der Waals surface area contributed by atoms with Crippen molar-refractivity contribution in [2.45, 2.75) is 77.0 Å². The van der Waals surface area contributed by atoms with E-state index in [1.807, 2.05) is 52.1 Å². The smallest absolute Gasteiger partial charge is 0.219 e. The number of nitrogens with two attached hydrogens (primary N) is 3. The number of nitrogens with zero attached hydrogens (tertiary/aromatic N) is 4. The first-order valence-corrected chi connectivity index (χ1v) is 14.8. The molecule has 3 rings (SSSR count). The van der Waals surface area contributed by atoms with Crippen LogP contribution in [0, 0.1) is 17.2 Å². The predicted molar refractivity (Wildman–Crippen MR) is 167 cm³/mol. The van der Waals surface area contributed by atoms with Crippen molar-refractivity contribution in [1.29, 1.82) is 5.41 Å². The Balaban J connectivity index is 1.64. The number of aliphatic hydroxyl groups excluding tert-OH is 1. The number of aliphatic hydroxyl groups is 1. The van der Waals surface area contributed by atoms with Crippen molar-refractivity contribution in [2.24, 2.45) is 23.4 Å². The van der Waals surface area contributed by atoms with Gasteiger partial charge in [-0.1, -0.05) is 31.2 Å². The Labute approximate surface area is 254 Å². The van der Waals surface area contributed by atoms with Crippen LogP contribution in [0.4, 0.5) is 10.3 Å². The molecule has 5 unspecified atom stereocenters. The van der Waals surface area contributed by atoms with E-state index in [9.17, 15) is 9.50 Å². The summed E-state index contributed by atoms with van der Waals surface area (Å²) in [6, 6.07) is 6.80. The van der Waals surface area contributed by atoms with Crippen LogP contribution in [0.15, 0.2) is 48.6 Å². The molecule has 0 bridgehead atoms. The van der Waals surface area contributed by atoms with Crippen LogP contribution in [0.25, 0.3) is 11.1 Å². The Kier molecular flexibility index (Phi) is 12.8. The van der Waals surface area contributed by atoms with E-state index in [0.29, 0.717) is 24.4 Å². The van der Waals surface area contributed by atoms with E-state index in [-0.39, 0.29) is 29.9 Å². The van der Waals surface area contributed by atoms with E-state index in [0.717, 1.165) is 36.0 Å². The van der Waals surface area contributed by atoms with Crippen LogP contribution in [0.3, 0.4) is 0 Å². The molecule has 0 spiro atoms. The maximum absolute atomic E-state index is 14.4. The SMILES string of the molecule is COC(c1ccc(-c2cnc(N)nc2)cc1)C(CF)N(N)/C=C(\N)CCN(C)C1CC(C)OC(O)[C@@H]1CC[C@@H](C)C(C)=N. The third kappa shape index (κ3) is 9.41. The van der Waals surface area contributed by atoms with Crippen molar-refractivity contribution in [3.8, 4) is 11.1 Å². The number of halogens is 1. The van der Waals surface area contributed by atoms with Gasteiger partial charge in [0, 0.05) is 67.6 Å². The van der Waals surface area contributed by atoms with Crippen molar-refractivity contribution in [2.75, 3.05) is 33.1 Å². The minimum Gasteiger partial charge on any atom is -0.401 e. The first-order chi connectivity index (χ1) is 20.4. The fraction of sp³-hybridized carbons (Fsp3) is 0.581. The molecule has 0 radical (unpaired) electrons. The number of methoxy groups -OCH3 is 1. The maximum atomic E-state index is 14.4. The van der Waals surface area contributed by atoms with Crippen molar-refractivity contribution in [1.82, 2.24) is 19.9 Å². The summed E-state index contributed by atoms with van der Waals surface area (Å²) in [7, 11) is 3.54. The van der Waals surface area contributed by atoms with E-state index in [2.05, 4.69) is 14.9 Å². The van der Waals surface area contributed by atoms with Gasteiger partial charge in [-0.25, -0.2) is 20.2 Å². The number of hydrogen-bond acceptors (Lipinski definition) is 11. The summed E-state index contributed by atoms with van der Waals surface area (Å²) in [5, 5.41) is 19.9. The van der Waals surface area contributed by atoms with Crippen LogP contribution in [-0.2, 0) is 9.47 Å². The highest BCUT2D eigenvalue weighted by Gasteiger charge is 2.38. The van der Waals surface area contributed by atoms with E-state index >= 15 is 0 Å². The zero-order valence-corrected chi connectivity index (χ0v) is 26.0. The van der Waals surface area contributed by atoms with Gasteiger partial charge < -0.3 is 41.4 Å². The summed E-state index contributed by atoms with van der Waals surface area (Å²) in [5.74, 6) is 6.61. The van der Waals surface area contributed by atoms with Crippen LogP contribution in [-0.4, -0.2) is 82.5 Å². The lowest BCUT2D eigenvalue weighted by Gasteiger charge is -2.43. The summed E-state index contributed by atoms with van der Waals surface area (Å²) in [4.78, 5) is 10.3. The second kappa shape index (κ2) is 16.1. The minimum absolute atomic E-state index is 0.0711. The lowest BCUT2D eigenvalue weighted by atomic mass is 9.84. The van der Waals surface area contributed by atoms with Crippen LogP contribution in [0.2, 0.25) is 0 Å². The molecule has 1 fully saturated rings. The molecule has 11 nitrogen and oxygen atoms in total. The number of benzene rings is 1. The molecule has 1 aromatic carbocycles. The summed E-state index contributed by atoms with van der Waals surface area (Å²) < 4.78 is 25.8. The van der Waals surface area contributed by atoms with Gasteiger partial charge in [0.25, 0.3) is 0 Å². The zero-order valence-electron chi connectivity index (χ0n) is 26.0. The Morgan fingerprint density at radius 3 is 2.49 bits per heavy atom. The molecule has 8 N–H and O–H groups in total. The first kappa shape index (κ1) is 34.3. The average Bonchev–Trinajstić information content (AvgIpc) is 2.98. The standard InChI is InChI=1S/C31H49FN8O3/c1-19(21(3)33)6-11-26-27(14-20(2)43-30(26)41)39(4)13-12-25(34)18-40(36)28(15-32)29(42-5)23-9-7-22(8-10-23)24-16-37-31(35)38-17-24/h7-10,16-20,26-30,33,41H,6,11-15,34,36H2,1-5H3,(H2,35,37,38)/b25-18-,33-21?/t19-,20?,26-,27?,28?,29?,30?/m1/s1. The van der Waals surface area contributed by atoms with E-state index in [4.69, 9.17) is 32.2 Å². The fourth-order valence-corrected chi connectivity index (χ4v) is 5.61. The van der Waals surface area contributed by atoms with Gasteiger partial charge in [-0.15, -0.1) is 0 Å². The first-order valence-electron chi connectivity index (χ1n) is 14.8. The molecule has 0 aliphatic carbocycles. The maximum Gasteiger partial charge on any atom is 0.219 e. The molecule has 2 aromatic rings. The van der Waals surface area contributed by atoms with Crippen LogP contribution in [0.5, 0.6) is 0 Å². The second-order valence-electron chi connectivity index (χ2n) is 11.7. The predicted octanol–water partition coefficient (Wildman–Crippen LogP) is 3.62. The summed E-state index contributed by atoms with van der Waals surface area (Å²) in [5.41, 5.74) is 15.6. The molecule has 1 saturated heterocycles. The third-order valence-electron chi connectivity index (χ3n) is 8.50. The molecule has 12 heteroatoms. The third-order valence-corrected chi connectivity index (χ3v) is 8.50. The molecule has 1 aliphatic rings. The van der Waals surface area contributed by atoms with Gasteiger partial charge in [0.2, 0.25) is 5.95 Å². The molecule has 0 amide bonds. The molecule has 0 saturated carbocycles. The molecule has 1 aliphatic heterocycles. The quantitative estimate of drug-likeness (QED) is 0.115. The van der Waals surface area contributed by atoms with E-state index in [1.165, 1.54) is 12.1 Å². The number of alkyl halides is 1. The van der Waals surface area contributed by atoms with Gasteiger partial charge in [-0.05, 0) is 57.2 Å². The van der Waals surface area contributed by atoms with Crippen LogP contribution in [0.1, 0.15) is 58.1 Å². The van der Waals surface area contributed by atoms with Crippen molar-refractivity contribution < 1.29 is 19.0 Å². The molecule has 1 aromatic heterocycles. The molecule has 238 valence electrons. The monoisotopic (exact) mass is 600 g/mol. The number of hydrogen-bond donors (Lipinski definition) is 5. The van der Waals surface area contributed by atoms with Crippen molar-refractivity contribution in [3.05, 3.63) is 54.1 Å². The summed E-state index contributed by atoms with van der Waals surface area (Å²) >= 11 is 0. The Morgan fingerprint density at radius 1 is 1.26 bits per heavy atom. The highest BCUT2D eigenvalue weighted by Crippen LogP contribution is 2.33. The summed E-state index contributed by atoms with van der Waals surface area (Å²) in [6.45, 7) is 5.69. The normalized spacial score (nSPS) is 23.1. The number of anilines is 1. The van der Waals surface area contributed by atoms with Crippen molar-refractivity contribution in [3.63, 3.8) is 0 Å². The minimum atomic E-state index is -0.855.